The summed E-state index contributed by atoms with van der Waals surface area (Å²) in [4.78, 5) is 11.5. The smallest absolute Gasteiger partial charge is 0.151 e. The van der Waals surface area contributed by atoms with E-state index in [0.717, 1.165) is 41.6 Å². The summed E-state index contributed by atoms with van der Waals surface area (Å²) >= 11 is 0. The van der Waals surface area contributed by atoms with Gasteiger partial charge in [0.25, 0.3) is 0 Å². The lowest BCUT2D eigenvalue weighted by Crippen LogP contribution is -2.49. The first-order valence-corrected chi connectivity index (χ1v) is 11.7. The lowest BCUT2D eigenvalue weighted by Gasteiger charge is -2.44. The Labute approximate surface area is 184 Å². The molecule has 6 rings (SSSR count). The van der Waals surface area contributed by atoms with E-state index in [9.17, 15) is 0 Å². The van der Waals surface area contributed by atoms with E-state index in [4.69, 9.17) is 15.0 Å². The van der Waals surface area contributed by atoms with E-state index in [1.54, 1.807) is 0 Å². The Hall–Kier alpha value is -2.62. The van der Waals surface area contributed by atoms with Crippen molar-refractivity contribution in [2.75, 3.05) is 5.32 Å². The highest BCUT2D eigenvalue weighted by Gasteiger charge is 2.67. The number of aliphatic imine (C=N–C) groups is 1. The van der Waals surface area contributed by atoms with Crippen LogP contribution in [-0.4, -0.2) is 17.0 Å². The normalized spacial score (nSPS) is 32.7. The van der Waals surface area contributed by atoms with Crippen molar-refractivity contribution in [1.82, 2.24) is 0 Å². The van der Waals surface area contributed by atoms with Crippen LogP contribution < -0.4 is 5.32 Å². The molecule has 0 saturated heterocycles. The second-order valence-electron chi connectivity index (χ2n) is 10.5. The van der Waals surface area contributed by atoms with Crippen LogP contribution in [0.15, 0.2) is 58.7 Å². The van der Waals surface area contributed by atoms with Gasteiger partial charge in [-0.25, -0.2) is 4.99 Å². The molecule has 2 saturated carbocycles. The summed E-state index contributed by atoms with van der Waals surface area (Å²) in [7, 11) is 0. The average molecular weight is 414 g/mol. The molecule has 31 heavy (non-hydrogen) atoms. The lowest BCUT2D eigenvalue weighted by molar-refractivity contribution is -0.135. The topological polar surface area (TPSA) is 46.0 Å². The van der Waals surface area contributed by atoms with Gasteiger partial charge in [0.2, 0.25) is 0 Å². The molecule has 2 unspecified atom stereocenters. The third-order valence-corrected chi connectivity index (χ3v) is 8.65. The van der Waals surface area contributed by atoms with E-state index in [-0.39, 0.29) is 17.1 Å². The molecule has 2 aliphatic carbocycles. The number of rotatable bonds is 2. The van der Waals surface area contributed by atoms with Crippen molar-refractivity contribution in [3.8, 4) is 0 Å². The van der Waals surface area contributed by atoms with Gasteiger partial charge in [0.05, 0.1) is 23.1 Å². The first kappa shape index (κ1) is 19.1. The summed E-state index contributed by atoms with van der Waals surface area (Å²) in [6.45, 7) is 6.93. The number of aryl methyl sites for hydroxylation is 1. The third kappa shape index (κ3) is 2.80. The Morgan fingerprint density at radius 3 is 2.52 bits per heavy atom. The zero-order valence-corrected chi connectivity index (χ0v) is 18.7. The van der Waals surface area contributed by atoms with Gasteiger partial charge in [-0.05, 0) is 49.8 Å². The molecule has 2 aromatic rings. The van der Waals surface area contributed by atoms with Crippen molar-refractivity contribution < 1.29 is 4.84 Å². The van der Waals surface area contributed by atoms with E-state index in [1.165, 1.54) is 30.4 Å². The zero-order chi connectivity index (χ0) is 21.2. The molecule has 2 heterocycles. The van der Waals surface area contributed by atoms with Crippen LogP contribution in [0.25, 0.3) is 0 Å². The molecule has 160 valence electrons. The molecule has 4 aliphatic rings. The maximum absolute atomic E-state index is 6.39. The number of fused-ring (bicyclic) bond motifs is 4. The minimum Gasteiger partial charge on any atom is -0.388 e. The maximum atomic E-state index is 6.39. The van der Waals surface area contributed by atoms with Crippen LogP contribution in [0.5, 0.6) is 0 Å². The van der Waals surface area contributed by atoms with Gasteiger partial charge < -0.3 is 10.2 Å². The van der Waals surface area contributed by atoms with Crippen LogP contribution in [0.4, 0.5) is 11.4 Å². The highest BCUT2D eigenvalue weighted by atomic mass is 16.7. The van der Waals surface area contributed by atoms with E-state index in [1.807, 2.05) is 0 Å². The maximum Gasteiger partial charge on any atom is 0.151 e. The second kappa shape index (κ2) is 6.69. The number of nitrogens with one attached hydrogen (secondary N) is 1. The van der Waals surface area contributed by atoms with Gasteiger partial charge in [0.1, 0.15) is 5.71 Å². The van der Waals surface area contributed by atoms with E-state index >= 15 is 0 Å². The molecule has 4 atom stereocenters. The molecule has 4 nitrogen and oxygen atoms in total. The number of hydrogen-bond donors (Lipinski definition) is 1. The average Bonchev–Trinajstić information content (AvgIpc) is 3.43. The predicted octanol–water partition coefficient (Wildman–Crippen LogP) is 6.60. The van der Waals surface area contributed by atoms with Gasteiger partial charge in [-0.3, -0.25) is 0 Å². The quantitative estimate of drug-likeness (QED) is 0.603. The fourth-order valence-electron chi connectivity index (χ4n) is 6.60. The second-order valence-corrected chi connectivity index (χ2v) is 10.5. The molecule has 2 aromatic carbocycles. The number of anilines is 1. The molecule has 1 N–H and O–H groups in total. The highest BCUT2D eigenvalue weighted by Crippen LogP contribution is 2.65. The predicted molar refractivity (Wildman–Crippen MR) is 126 cm³/mol. The fraction of sp³-hybridized carbons (Fsp3) is 0.481. The highest BCUT2D eigenvalue weighted by molar-refractivity contribution is 6.43. The van der Waals surface area contributed by atoms with Crippen LogP contribution in [0.3, 0.4) is 0 Å². The number of nitrogens with zero attached hydrogens (tertiary/aromatic N) is 2. The van der Waals surface area contributed by atoms with Gasteiger partial charge >= 0.3 is 0 Å². The Balaban J connectivity index is 1.36. The molecule has 4 heteroatoms. The summed E-state index contributed by atoms with van der Waals surface area (Å²) in [5, 5.41) is 8.47. The first-order valence-electron chi connectivity index (χ1n) is 11.7. The van der Waals surface area contributed by atoms with E-state index in [2.05, 4.69) is 74.6 Å². The molecule has 2 bridgehead atoms. The fourth-order valence-corrected chi connectivity index (χ4v) is 6.60. The van der Waals surface area contributed by atoms with E-state index < -0.39 is 0 Å². The van der Waals surface area contributed by atoms with Crippen molar-refractivity contribution in [2.45, 2.75) is 64.5 Å². The van der Waals surface area contributed by atoms with Crippen LogP contribution in [0, 0.1) is 24.2 Å². The summed E-state index contributed by atoms with van der Waals surface area (Å²) in [5.41, 5.74) is 6.77. The number of benzene rings is 2. The van der Waals surface area contributed by atoms with Crippen LogP contribution >= 0.6 is 0 Å². The molecular formula is C27H31N3O. The Morgan fingerprint density at radius 1 is 0.968 bits per heavy atom. The molecule has 1 spiro atoms. The van der Waals surface area contributed by atoms with Gasteiger partial charge in [0, 0.05) is 24.2 Å². The van der Waals surface area contributed by atoms with Crippen molar-refractivity contribution in [2.24, 2.45) is 27.4 Å². The van der Waals surface area contributed by atoms with Gasteiger partial charge in [-0.1, -0.05) is 61.0 Å². The minimum atomic E-state index is -0.146. The number of hydrogen-bond acceptors (Lipinski definition) is 4. The molecular weight excluding hydrogens is 382 g/mol. The van der Waals surface area contributed by atoms with Crippen LogP contribution in [-0.2, 0) is 4.84 Å². The van der Waals surface area contributed by atoms with Gasteiger partial charge in [-0.2, -0.15) is 0 Å². The third-order valence-electron chi connectivity index (χ3n) is 8.65. The van der Waals surface area contributed by atoms with Crippen LogP contribution in [0.1, 0.15) is 63.1 Å². The molecule has 0 radical (unpaired) electrons. The Bertz CT molecular complexity index is 1080. The summed E-state index contributed by atoms with van der Waals surface area (Å²) < 4.78 is 0. The van der Waals surface area contributed by atoms with Gasteiger partial charge in [0.15, 0.2) is 5.60 Å². The van der Waals surface area contributed by atoms with Crippen LogP contribution in [0.2, 0.25) is 0 Å². The monoisotopic (exact) mass is 413 g/mol. The van der Waals surface area contributed by atoms with Gasteiger partial charge in [-0.15, -0.1) is 0 Å². The van der Waals surface area contributed by atoms with Crippen molar-refractivity contribution >= 4 is 22.8 Å². The van der Waals surface area contributed by atoms with Crippen molar-refractivity contribution in [3.63, 3.8) is 0 Å². The first-order chi connectivity index (χ1) is 15.0. The summed E-state index contributed by atoms with van der Waals surface area (Å²) in [6.07, 6.45) is 5.61. The largest absolute Gasteiger partial charge is 0.388 e. The Morgan fingerprint density at radius 2 is 1.74 bits per heavy atom. The molecule has 0 amide bonds. The summed E-state index contributed by atoms with van der Waals surface area (Å²) in [5.74, 6) is 1.38. The standard InChI is InChI=1S/C27H31N3O/c1-17-8-10-18(11-9-17)23-15-24(29-22-7-5-4-6-21(22)28-23)25-16-27(31-30-25)20-13-12-19(14-20)26(27,2)3/h4-11,19-20,23,28H,12-16H2,1-3H3/t19-,20+,23?,27?/m1/s1. The lowest BCUT2D eigenvalue weighted by atomic mass is 9.63. The van der Waals surface area contributed by atoms with Crippen molar-refractivity contribution in [3.05, 3.63) is 59.7 Å². The SMILES string of the molecule is Cc1ccc(C2CC(C3=NOC4(C3)[C@H]3CC[C@H](C3)C4(C)C)=Nc3ccccc3N2)cc1. The number of oxime groups is 1. The molecule has 0 aromatic heterocycles. The Kier molecular flexibility index (Phi) is 4.12. The minimum absolute atomic E-state index is 0.146. The zero-order valence-electron chi connectivity index (χ0n) is 18.7. The number of para-hydroxylation sites is 2. The molecule has 2 fully saturated rings. The van der Waals surface area contributed by atoms with Crippen molar-refractivity contribution in [1.29, 1.82) is 0 Å². The summed E-state index contributed by atoms with van der Waals surface area (Å²) in [6, 6.07) is 17.3. The molecule has 2 aliphatic heterocycles. The van der Waals surface area contributed by atoms with E-state index in [0.29, 0.717) is 5.92 Å².